The second-order valence-corrected chi connectivity index (χ2v) is 14.4. The van der Waals surface area contributed by atoms with E-state index in [-0.39, 0.29) is 12.1 Å². The molecule has 4 heteroatoms. The largest absolute Gasteiger partial charge is 0.466 e. The highest BCUT2D eigenvalue weighted by Crippen LogP contribution is 2.35. The van der Waals surface area contributed by atoms with Crippen LogP contribution in [0.2, 0.25) is 18.1 Å². The van der Waals surface area contributed by atoms with Crippen molar-refractivity contribution in [2.75, 3.05) is 7.11 Å². The minimum Gasteiger partial charge on any atom is -0.466 e. The third-order valence-electron chi connectivity index (χ3n) is 7.28. The molecule has 0 saturated heterocycles. The van der Waals surface area contributed by atoms with E-state index in [1.807, 2.05) is 18.2 Å². The molecule has 0 fully saturated rings. The number of hydrogen-bond donors (Lipinski definition) is 0. The Balaban J connectivity index is 2.71. The molecule has 0 aromatic heterocycles. The second-order valence-electron chi connectivity index (χ2n) is 9.63. The fraction of sp³-hybridized carbons (Fsp3) is 0.700. The Kier molecular flexibility index (Phi) is 17.0. The van der Waals surface area contributed by atoms with E-state index in [2.05, 4.69) is 45.9 Å². The van der Waals surface area contributed by atoms with E-state index in [0.29, 0.717) is 5.57 Å². The van der Waals surface area contributed by atoms with Crippen molar-refractivity contribution in [1.29, 1.82) is 0 Å². The normalized spacial score (nSPS) is 13.1. The van der Waals surface area contributed by atoms with E-state index in [4.69, 9.17) is 9.16 Å². The van der Waals surface area contributed by atoms with Crippen LogP contribution in [0.4, 0.5) is 0 Å². The molecule has 0 aliphatic carbocycles. The Labute approximate surface area is 211 Å². The van der Waals surface area contributed by atoms with Crippen molar-refractivity contribution < 1.29 is 14.0 Å². The van der Waals surface area contributed by atoms with Gasteiger partial charge in [-0.15, -0.1) is 0 Å². The first-order chi connectivity index (χ1) is 16.6. The van der Waals surface area contributed by atoms with Gasteiger partial charge >= 0.3 is 5.97 Å². The van der Waals surface area contributed by atoms with Crippen molar-refractivity contribution >= 4 is 14.3 Å². The molecule has 1 rings (SSSR count). The number of unbranched alkanes of at least 4 members (excludes halogenated alkanes) is 11. The molecule has 34 heavy (non-hydrogen) atoms. The fourth-order valence-corrected chi connectivity index (χ4v) is 7.43. The van der Waals surface area contributed by atoms with Crippen LogP contribution in [0.5, 0.6) is 0 Å². The quantitative estimate of drug-likeness (QED) is 0.0793. The van der Waals surface area contributed by atoms with Crippen LogP contribution in [0.15, 0.2) is 42.0 Å². The van der Waals surface area contributed by atoms with Gasteiger partial charge in [-0.3, -0.25) is 0 Å². The number of rotatable bonds is 20. The fourth-order valence-electron chi connectivity index (χ4n) is 4.67. The third-order valence-corrected chi connectivity index (χ3v) is 11.9. The molecule has 0 heterocycles. The highest BCUT2D eigenvalue weighted by atomic mass is 28.4. The van der Waals surface area contributed by atoms with Gasteiger partial charge < -0.3 is 9.16 Å². The zero-order chi connectivity index (χ0) is 25.1. The number of benzene rings is 1. The minimum atomic E-state index is -1.92. The van der Waals surface area contributed by atoms with Gasteiger partial charge in [-0.25, -0.2) is 4.79 Å². The molecule has 0 N–H and O–H groups in total. The zero-order valence-corrected chi connectivity index (χ0v) is 23.9. The van der Waals surface area contributed by atoms with Gasteiger partial charge in [0.2, 0.25) is 0 Å². The Morgan fingerprint density at radius 3 is 1.76 bits per heavy atom. The summed E-state index contributed by atoms with van der Waals surface area (Å²) in [7, 11) is -0.441. The van der Waals surface area contributed by atoms with Crippen molar-refractivity contribution in [2.24, 2.45) is 0 Å². The van der Waals surface area contributed by atoms with Crippen molar-refractivity contribution in [3.63, 3.8) is 0 Å². The molecule has 1 atom stereocenters. The summed E-state index contributed by atoms with van der Waals surface area (Å²) in [6, 6.07) is 13.4. The summed E-state index contributed by atoms with van der Waals surface area (Å²) in [6.45, 7) is 8.96. The summed E-state index contributed by atoms with van der Waals surface area (Å²) >= 11 is 0. The van der Waals surface area contributed by atoms with Crippen LogP contribution in [0.3, 0.4) is 0 Å². The number of allylic oxidation sites excluding steroid dienone is 1. The SMILES string of the molecule is CCCCCCCCCCCCC/C=C(\C(=O)OC)C(O[Si](CC)(CC)CC)c1ccccc1. The topological polar surface area (TPSA) is 35.5 Å². The molecule has 0 saturated carbocycles. The summed E-state index contributed by atoms with van der Waals surface area (Å²) in [5, 5.41) is 0. The Bertz CT molecular complexity index is 659. The number of methoxy groups -OCH3 is 1. The van der Waals surface area contributed by atoms with E-state index >= 15 is 0 Å². The maximum atomic E-state index is 12.9. The predicted octanol–water partition coefficient (Wildman–Crippen LogP) is 9.55. The lowest BCUT2D eigenvalue weighted by Crippen LogP contribution is -2.38. The number of ether oxygens (including phenoxy) is 1. The first-order valence-corrected chi connectivity index (χ1v) is 16.6. The van der Waals surface area contributed by atoms with Gasteiger partial charge in [0.15, 0.2) is 8.32 Å². The molecule has 0 bridgehead atoms. The van der Waals surface area contributed by atoms with Gasteiger partial charge in [0.05, 0.1) is 12.7 Å². The molecular formula is C30H52O3Si. The van der Waals surface area contributed by atoms with Crippen LogP contribution >= 0.6 is 0 Å². The first-order valence-electron chi connectivity index (χ1n) is 14.1. The standard InChI is InChI=1S/C30H52O3Si/c1-6-10-11-12-13-14-15-16-17-18-19-23-26-28(30(31)32-5)29(27-24-21-20-22-25-27)33-34(7-2,8-3)9-4/h20-22,24-26,29H,6-19,23H2,1-5H3/b28-26-. The third kappa shape index (κ3) is 11.4. The molecule has 0 radical (unpaired) electrons. The van der Waals surface area contributed by atoms with Gasteiger partial charge in [0.25, 0.3) is 0 Å². The maximum absolute atomic E-state index is 12.9. The highest BCUT2D eigenvalue weighted by molar-refractivity contribution is 6.73. The van der Waals surface area contributed by atoms with Gasteiger partial charge in [-0.05, 0) is 36.5 Å². The number of carbonyl (C=O) groups is 1. The molecule has 1 aromatic rings. The van der Waals surface area contributed by atoms with Crippen LogP contribution < -0.4 is 0 Å². The van der Waals surface area contributed by atoms with E-state index in [1.54, 1.807) is 0 Å². The average molecular weight is 489 g/mol. The number of hydrogen-bond acceptors (Lipinski definition) is 3. The van der Waals surface area contributed by atoms with E-state index in [0.717, 1.165) is 36.5 Å². The molecule has 0 spiro atoms. The highest BCUT2D eigenvalue weighted by Gasteiger charge is 2.35. The summed E-state index contributed by atoms with van der Waals surface area (Å²) < 4.78 is 12.1. The lowest BCUT2D eigenvalue weighted by atomic mass is 9.99. The zero-order valence-electron chi connectivity index (χ0n) is 22.9. The van der Waals surface area contributed by atoms with Crippen LogP contribution in [0, 0.1) is 0 Å². The Morgan fingerprint density at radius 2 is 1.29 bits per heavy atom. The second kappa shape index (κ2) is 18.9. The summed E-state index contributed by atoms with van der Waals surface area (Å²) in [5.41, 5.74) is 1.72. The lowest BCUT2D eigenvalue weighted by molar-refractivity contribution is -0.137. The molecule has 194 valence electrons. The smallest absolute Gasteiger partial charge is 0.336 e. The van der Waals surface area contributed by atoms with Crippen molar-refractivity contribution in [3.05, 3.63) is 47.5 Å². The Hall–Kier alpha value is -1.39. The van der Waals surface area contributed by atoms with Crippen LogP contribution in [-0.2, 0) is 14.0 Å². The molecular weight excluding hydrogens is 436 g/mol. The van der Waals surface area contributed by atoms with Crippen molar-refractivity contribution in [3.8, 4) is 0 Å². The molecule has 0 amide bonds. The van der Waals surface area contributed by atoms with Gasteiger partial charge in [0, 0.05) is 0 Å². The average Bonchev–Trinajstić information content (AvgIpc) is 2.88. The summed E-state index contributed by atoms with van der Waals surface area (Å²) in [6.07, 6.45) is 17.2. The van der Waals surface area contributed by atoms with E-state index < -0.39 is 8.32 Å². The van der Waals surface area contributed by atoms with E-state index in [9.17, 15) is 4.79 Å². The van der Waals surface area contributed by atoms with Crippen LogP contribution in [0.25, 0.3) is 0 Å². The summed E-state index contributed by atoms with van der Waals surface area (Å²) in [5.74, 6) is -0.261. The van der Waals surface area contributed by atoms with Crippen LogP contribution in [0.1, 0.15) is 116 Å². The molecule has 1 aromatic carbocycles. The van der Waals surface area contributed by atoms with Gasteiger partial charge in [-0.1, -0.05) is 128 Å². The lowest BCUT2D eigenvalue weighted by Gasteiger charge is -2.34. The van der Waals surface area contributed by atoms with Crippen molar-refractivity contribution in [1.82, 2.24) is 0 Å². The van der Waals surface area contributed by atoms with Crippen molar-refractivity contribution in [2.45, 2.75) is 129 Å². The monoisotopic (exact) mass is 488 g/mol. The van der Waals surface area contributed by atoms with Gasteiger partial charge in [0.1, 0.15) is 6.10 Å². The number of carbonyl (C=O) groups excluding carboxylic acids is 1. The van der Waals surface area contributed by atoms with Gasteiger partial charge in [-0.2, -0.15) is 0 Å². The molecule has 1 unspecified atom stereocenters. The maximum Gasteiger partial charge on any atom is 0.336 e. The summed E-state index contributed by atoms with van der Waals surface area (Å²) in [4.78, 5) is 12.9. The molecule has 3 nitrogen and oxygen atoms in total. The molecule has 0 aliphatic heterocycles. The van der Waals surface area contributed by atoms with E-state index in [1.165, 1.54) is 71.3 Å². The predicted molar refractivity (Wildman–Crippen MR) is 149 cm³/mol. The van der Waals surface area contributed by atoms with Crippen LogP contribution in [-0.4, -0.2) is 21.4 Å². The minimum absolute atomic E-state index is 0.261. The first kappa shape index (κ1) is 30.6. The number of esters is 1. The molecule has 0 aliphatic rings. The Morgan fingerprint density at radius 1 is 0.794 bits per heavy atom.